The van der Waals surface area contributed by atoms with Crippen LogP contribution in [0.15, 0.2) is 0 Å². The zero-order valence-electron chi connectivity index (χ0n) is 11.3. The highest BCUT2D eigenvalue weighted by molar-refractivity contribution is 7.89. The van der Waals surface area contributed by atoms with Crippen molar-refractivity contribution in [2.24, 2.45) is 0 Å². The van der Waals surface area contributed by atoms with Crippen LogP contribution in [0.3, 0.4) is 0 Å². The predicted molar refractivity (Wildman–Crippen MR) is 70.3 cm³/mol. The van der Waals surface area contributed by atoms with Gasteiger partial charge in [-0.05, 0) is 26.9 Å². The third-order valence-electron chi connectivity index (χ3n) is 3.07. The van der Waals surface area contributed by atoms with Gasteiger partial charge in [0.1, 0.15) is 0 Å². The molecule has 0 aromatic carbocycles. The van der Waals surface area contributed by atoms with Crippen molar-refractivity contribution in [2.45, 2.75) is 31.4 Å². The molecule has 0 saturated carbocycles. The summed E-state index contributed by atoms with van der Waals surface area (Å²) in [6, 6.07) is -0.236. The first-order chi connectivity index (χ1) is 8.72. The van der Waals surface area contributed by atoms with Gasteiger partial charge in [0.2, 0.25) is 10.0 Å². The molecule has 2 unspecified atom stereocenters. The molecule has 1 aliphatic rings. The average Bonchev–Trinajstić information content (AvgIpc) is 2.58. The zero-order chi connectivity index (χ0) is 14.6. The highest BCUT2D eigenvalue weighted by Gasteiger charge is 2.38. The monoisotopic (exact) mass is 294 g/mol. The van der Waals surface area contributed by atoms with Crippen molar-refractivity contribution in [3.63, 3.8) is 0 Å². The van der Waals surface area contributed by atoms with Crippen molar-refractivity contribution in [1.82, 2.24) is 9.21 Å². The molecule has 0 bridgehead atoms. The molecule has 2 atom stereocenters. The molecule has 1 saturated heterocycles. The van der Waals surface area contributed by atoms with Gasteiger partial charge in [0, 0.05) is 25.6 Å². The molecular weight excluding hydrogens is 272 g/mol. The number of aliphatic hydroxyl groups is 1. The lowest BCUT2D eigenvalue weighted by atomic mass is 10.2. The van der Waals surface area contributed by atoms with Crippen molar-refractivity contribution in [3.8, 4) is 0 Å². The third kappa shape index (κ3) is 5.06. The maximum atomic E-state index is 12.2. The number of rotatable bonds is 7. The van der Waals surface area contributed by atoms with Crippen LogP contribution in [-0.4, -0.2) is 78.9 Å². The van der Waals surface area contributed by atoms with Gasteiger partial charge in [-0.15, -0.1) is 0 Å². The number of hydrogen-bond donors (Lipinski definition) is 2. The number of carbonyl (C=O) groups is 1. The van der Waals surface area contributed by atoms with Gasteiger partial charge in [0.15, 0.2) is 0 Å². The van der Waals surface area contributed by atoms with Crippen molar-refractivity contribution in [2.75, 3.05) is 32.9 Å². The van der Waals surface area contributed by atoms with Gasteiger partial charge in [-0.3, -0.25) is 4.79 Å². The zero-order valence-corrected chi connectivity index (χ0v) is 12.1. The number of carboxylic acids is 1. The standard InChI is InChI=1S/C11H22N2O5S/c1-12(2)7-9-6-10(14)8-13(9)19(17,18)5-3-4-11(15)16/h9-10,14H,3-8H2,1-2H3,(H,15,16). The maximum absolute atomic E-state index is 12.2. The van der Waals surface area contributed by atoms with Crippen molar-refractivity contribution >= 4 is 16.0 Å². The number of aliphatic hydroxyl groups excluding tert-OH is 1. The lowest BCUT2D eigenvalue weighted by Gasteiger charge is -2.26. The molecule has 0 aliphatic carbocycles. The summed E-state index contributed by atoms with van der Waals surface area (Å²) in [5.41, 5.74) is 0. The van der Waals surface area contributed by atoms with Crippen LogP contribution < -0.4 is 0 Å². The Morgan fingerprint density at radius 1 is 1.42 bits per heavy atom. The van der Waals surface area contributed by atoms with Gasteiger partial charge in [-0.25, -0.2) is 8.42 Å². The fraction of sp³-hybridized carbons (Fsp3) is 0.909. The summed E-state index contributed by atoms with van der Waals surface area (Å²) in [6.07, 6.45) is -0.275. The van der Waals surface area contributed by atoms with Crippen molar-refractivity contribution < 1.29 is 23.4 Å². The van der Waals surface area contributed by atoms with Crippen LogP contribution in [0.1, 0.15) is 19.3 Å². The number of β-amino-alcohol motifs (C(OH)–C–C–N with tert-alkyl or cyclic N) is 1. The summed E-state index contributed by atoms with van der Waals surface area (Å²) in [4.78, 5) is 12.3. The van der Waals surface area contributed by atoms with Crippen molar-refractivity contribution in [1.29, 1.82) is 0 Å². The van der Waals surface area contributed by atoms with E-state index in [4.69, 9.17) is 5.11 Å². The van der Waals surface area contributed by atoms with E-state index in [0.29, 0.717) is 13.0 Å². The molecule has 8 heteroatoms. The molecule has 1 heterocycles. The van der Waals surface area contributed by atoms with Crippen LogP contribution in [0.2, 0.25) is 0 Å². The van der Waals surface area contributed by atoms with E-state index in [1.165, 1.54) is 4.31 Å². The van der Waals surface area contributed by atoms with Crippen LogP contribution in [0.4, 0.5) is 0 Å². The summed E-state index contributed by atoms with van der Waals surface area (Å²) in [7, 11) is 0.194. The van der Waals surface area contributed by atoms with E-state index in [9.17, 15) is 18.3 Å². The van der Waals surface area contributed by atoms with Gasteiger partial charge in [-0.1, -0.05) is 0 Å². The predicted octanol–water partition coefficient (Wildman–Crippen LogP) is -0.822. The summed E-state index contributed by atoms with van der Waals surface area (Å²) < 4.78 is 25.6. The smallest absolute Gasteiger partial charge is 0.303 e. The Hall–Kier alpha value is -0.700. The second-order valence-corrected chi connectivity index (χ2v) is 7.23. The van der Waals surface area contributed by atoms with Crippen molar-refractivity contribution in [3.05, 3.63) is 0 Å². The van der Waals surface area contributed by atoms with Gasteiger partial charge in [0.05, 0.1) is 11.9 Å². The summed E-state index contributed by atoms with van der Waals surface area (Å²) in [5.74, 6) is -1.18. The molecule has 19 heavy (non-hydrogen) atoms. The topological polar surface area (TPSA) is 98.2 Å². The maximum Gasteiger partial charge on any atom is 0.303 e. The lowest BCUT2D eigenvalue weighted by molar-refractivity contribution is -0.137. The number of nitrogens with zero attached hydrogens (tertiary/aromatic N) is 2. The van der Waals surface area contributed by atoms with Crippen LogP contribution in [-0.2, 0) is 14.8 Å². The highest BCUT2D eigenvalue weighted by Crippen LogP contribution is 2.23. The highest BCUT2D eigenvalue weighted by atomic mass is 32.2. The van der Waals surface area contributed by atoms with E-state index >= 15 is 0 Å². The number of aliphatic carboxylic acids is 1. The SMILES string of the molecule is CN(C)CC1CC(O)CN1S(=O)(=O)CCCC(=O)O. The Balaban J connectivity index is 2.66. The molecular formula is C11H22N2O5S. The number of hydrogen-bond acceptors (Lipinski definition) is 5. The molecule has 7 nitrogen and oxygen atoms in total. The Morgan fingerprint density at radius 2 is 2.05 bits per heavy atom. The minimum Gasteiger partial charge on any atom is -0.481 e. The van der Waals surface area contributed by atoms with Gasteiger partial charge >= 0.3 is 5.97 Å². The van der Waals surface area contributed by atoms with Gasteiger partial charge in [0.25, 0.3) is 0 Å². The Kier molecular flexibility index (Phi) is 5.72. The van der Waals surface area contributed by atoms with E-state index in [1.54, 1.807) is 0 Å². The van der Waals surface area contributed by atoms with Crippen LogP contribution in [0.5, 0.6) is 0 Å². The van der Waals surface area contributed by atoms with Crippen LogP contribution in [0, 0.1) is 0 Å². The van der Waals surface area contributed by atoms with E-state index in [1.807, 2.05) is 19.0 Å². The third-order valence-corrected chi connectivity index (χ3v) is 5.03. The summed E-state index contributed by atoms with van der Waals surface area (Å²) >= 11 is 0. The number of sulfonamides is 1. The molecule has 2 N–H and O–H groups in total. The van der Waals surface area contributed by atoms with E-state index < -0.39 is 22.1 Å². The fourth-order valence-corrected chi connectivity index (χ4v) is 4.06. The molecule has 0 spiro atoms. The lowest BCUT2D eigenvalue weighted by Crippen LogP contribution is -2.42. The molecule has 1 rings (SSSR count). The van der Waals surface area contributed by atoms with Gasteiger partial charge in [-0.2, -0.15) is 4.31 Å². The van der Waals surface area contributed by atoms with Gasteiger partial charge < -0.3 is 15.1 Å². The van der Waals surface area contributed by atoms with Crippen LogP contribution >= 0.6 is 0 Å². The van der Waals surface area contributed by atoms with E-state index in [2.05, 4.69) is 0 Å². The fourth-order valence-electron chi connectivity index (χ4n) is 2.31. The minimum absolute atomic E-state index is 0.0962. The molecule has 0 amide bonds. The largest absolute Gasteiger partial charge is 0.481 e. The Morgan fingerprint density at radius 3 is 2.58 bits per heavy atom. The second-order valence-electron chi connectivity index (χ2n) is 5.19. The molecule has 0 radical (unpaired) electrons. The first-order valence-corrected chi connectivity index (χ1v) is 7.87. The average molecular weight is 294 g/mol. The molecule has 0 aromatic heterocycles. The molecule has 1 aliphatic heterocycles. The molecule has 0 aromatic rings. The molecule has 112 valence electrons. The minimum atomic E-state index is -3.50. The summed E-state index contributed by atoms with van der Waals surface area (Å²) in [6.45, 7) is 0.656. The molecule has 1 fully saturated rings. The van der Waals surface area contributed by atoms with Crippen LogP contribution in [0.25, 0.3) is 0 Å². The quantitative estimate of drug-likeness (QED) is 0.636. The summed E-state index contributed by atoms with van der Waals surface area (Å²) in [5, 5.41) is 18.2. The number of carboxylic acid groups (broad SMARTS) is 1. The Bertz CT molecular complexity index is 409. The second kappa shape index (κ2) is 6.65. The Labute approximate surface area is 113 Å². The normalized spacial score (nSPS) is 25.1. The van der Waals surface area contributed by atoms with E-state index in [0.717, 1.165) is 0 Å². The first kappa shape index (κ1) is 16.4. The number of likely N-dealkylation sites (N-methyl/N-ethyl adjacent to an activating group) is 1. The van der Waals surface area contributed by atoms with E-state index in [-0.39, 0.29) is 31.2 Å². The first-order valence-electron chi connectivity index (χ1n) is 6.26.